The fourth-order valence-electron chi connectivity index (χ4n) is 2.42. The van der Waals surface area contributed by atoms with Gasteiger partial charge in [0, 0.05) is 16.0 Å². The molecular formula is C18H15FN4S. The Bertz CT molecular complexity index is 929. The molecule has 0 atom stereocenters. The van der Waals surface area contributed by atoms with Crippen molar-refractivity contribution in [1.82, 2.24) is 15.2 Å². The molecule has 0 unspecified atom stereocenters. The molecule has 24 heavy (non-hydrogen) atoms. The van der Waals surface area contributed by atoms with E-state index < -0.39 is 0 Å². The number of benzene rings is 1. The van der Waals surface area contributed by atoms with Crippen LogP contribution in [0.4, 0.5) is 4.39 Å². The molecule has 4 nitrogen and oxygen atoms in total. The van der Waals surface area contributed by atoms with Crippen LogP contribution in [0.1, 0.15) is 28.1 Å². The SMILES string of the molecule is CCc1nc(/C(C#N)=C/c2cn[nH]c2-c2ccc(F)cc2)sc1C. The van der Waals surface area contributed by atoms with Gasteiger partial charge in [0.05, 0.1) is 23.2 Å². The molecule has 3 aromatic rings. The van der Waals surface area contributed by atoms with E-state index in [0.717, 1.165) is 33.8 Å². The average molecular weight is 338 g/mol. The van der Waals surface area contributed by atoms with Gasteiger partial charge in [0.1, 0.15) is 16.9 Å². The molecule has 0 radical (unpaired) electrons. The second-order valence-electron chi connectivity index (χ2n) is 5.25. The van der Waals surface area contributed by atoms with E-state index in [0.29, 0.717) is 10.6 Å². The Kier molecular flexibility index (Phi) is 4.54. The van der Waals surface area contributed by atoms with Crippen LogP contribution < -0.4 is 0 Å². The third-order valence-corrected chi connectivity index (χ3v) is 4.73. The molecule has 1 aromatic carbocycles. The standard InChI is InChI=1S/C18H15FN4S/c1-3-16-11(2)24-18(22-16)13(9-20)8-14-10-21-23-17(14)12-4-6-15(19)7-5-12/h4-8,10H,3H2,1-2H3,(H,21,23)/b13-8+. The predicted octanol–water partition coefficient (Wildman–Crippen LogP) is 4.61. The molecule has 6 heteroatoms. The Hall–Kier alpha value is -2.78. The summed E-state index contributed by atoms with van der Waals surface area (Å²) in [5, 5.41) is 17.2. The van der Waals surface area contributed by atoms with Gasteiger partial charge in [0.2, 0.25) is 0 Å². The third-order valence-electron chi connectivity index (χ3n) is 3.68. The molecule has 0 aliphatic carbocycles. The van der Waals surface area contributed by atoms with Crippen molar-refractivity contribution in [3.63, 3.8) is 0 Å². The first-order valence-electron chi connectivity index (χ1n) is 7.50. The Morgan fingerprint density at radius 2 is 2.12 bits per heavy atom. The molecule has 0 saturated heterocycles. The molecule has 0 amide bonds. The molecule has 2 aromatic heterocycles. The number of thiazole rings is 1. The Labute approximate surface area is 143 Å². The monoisotopic (exact) mass is 338 g/mol. The summed E-state index contributed by atoms with van der Waals surface area (Å²) in [6.45, 7) is 4.06. The lowest BCUT2D eigenvalue weighted by Gasteiger charge is -2.00. The maximum absolute atomic E-state index is 13.1. The molecule has 2 heterocycles. The highest BCUT2D eigenvalue weighted by molar-refractivity contribution is 7.12. The topological polar surface area (TPSA) is 65.4 Å². The van der Waals surface area contributed by atoms with Crippen molar-refractivity contribution in [2.45, 2.75) is 20.3 Å². The number of halogens is 1. The highest BCUT2D eigenvalue weighted by Crippen LogP contribution is 2.29. The van der Waals surface area contributed by atoms with Crippen molar-refractivity contribution in [2.24, 2.45) is 0 Å². The molecule has 0 fully saturated rings. The minimum atomic E-state index is -0.293. The first-order valence-corrected chi connectivity index (χ1v) is 8.31. The van der Waals surface area contributed by atoms with Gasteiger partial charge in [-0.3, -0.25) is 5.10 Å². The van der Waals surface area contributed by atoms with Crippen molar-refractivity contribution in [3.05, 3.63) is 57.4 Å². The van der Waals surface area contributed by atoms with E-state index in [4.69, 9.17) is 0 Å². The quantitative estimate of drug-likeness (QED) is 0.707. The van der Waals surface area contributed by atoms with E-state index in [1.54, 1.807) is 24.4 Å². The number of nitriles is 1. The zero-order chi connectivity index (χ0) is 17.1. The van der Waals surface area contributed by atoms with Gasteiger partial charge in [0.15, 0.2) is 0 Å². The van der Waals surface area contributed by atoms with Crippen LogP contribution in [-0.2, 0) is 6.42 Å². The van der Waals surface area contributed by atoms with Crippen LogP contribution >= 0.6 is 11.3 Å². The molecular weight excluding hydrogens is 323 g/mol. The summed E-state index contributed by atoms with van der Waals surface area (Å²) >= 11 is 1.52. The summed E-state index contributed by atoms with van der Waals surface area (Å²) in [6, 6.07) is 8.36. The van der Waals surface area contributed by atoms with E-state index >= 15 is 0 Å². The Morgan fingerprint density at radius 1 is 1.38 bits per heavy atom. The smallest absolute Gasteiger partial charge is 0.134 e. The molecule has 0 saturated carbocycles. The van der Waals surface area contributed by atoms with Gasteiger partial charge in [-0.05, 0) is 43.7 Å². The molecule has 0 bridgehead atoms. The number of aromatic amines is 1. The van der Waals surface area contributed by atoms with Crippen molar-refractivity contribution in [1.29, 1.82) is 5.26 Å². The number of rotatable bonds is 4. The molecule has 0 aliphatic heterocycles. The molecule has 120 valence electrons. The second-order valence-corrected chi connectivity index (χ2v) is 6.46. The van der Waals surface area contributed by atoms with E-state index in [-0.39, 0.29) is 5.82 Å². The van der Waals surface area contributed by atoms with Crippen LogP contribution in [-0.4, -0.2) is 15.2 Å². The lowest BCUT2D eigenvalue weighted by atomic mass is 10.1. The highest BCUT2D eigenvalue weighted by Gasteiger charge is 2.13. The van der Waals surface area contributed by atoms with Gasteiger partial charge in [-0.2, -0.15) is 10.4 Å². The van der Waals surface area contributed by atoms with Crippen LogP contribution in [0.3, 0.4) is 0 Å². The van der Waals surface area contributed by atoms with Gasteiger partial charge in [-0.25, -0.2) is 9.37 Å². The normalized spacial score (nSPS) is 11.5. The Morgan fingerprint density at radius 3 is 2.75 bits per heavy atom. The van der Waals surface area contributed by atoms with E-state index in [1.807, 2.05) is 13.8 Å². The van der Waals surface area contributed by atoms with Gasteiger partial charge >= 0.3 is 0 Å². The van der Waals surface area contributed by atoms with Crippen molar-refractivity contribution in [2.75, 3.05) is 0 Å². The van der Waals surface area contributed by atoms with Gasteiger partial charge in [-0.15, -0.1) is 11.3 Å². The lowest BCUT2D eigenvalue weighted by Crippen LogP contribution is -1.86. The number of hydrogen-bond donors (Lipinski definition) is 1. The Balaban J connectivity index is 2.02. The minimum Gasteiger partial charge on any atom is -0.277 e. The van der Waals surface area contributed by atoms with Crippen LogP contribution in [0, 0.1) is 24.1 Å². The van der Waals surface area contributed by atoms with Crippen LogP contribution in [0.2, 0.25) is 0 Å². The van der Waals surface area contributed by atoms with E-state index in [9.17, 15) is 9.65 Å². The van der Waals surface area contributed by atoms with Crippen LogP contribution in [0.25, 0.3) is 22.9 Å². The summed E-state index contributed by atoms with van der Waals surface area (Å²) < 4.78 is 13.1. The number of hydrogen-bond acceptors (Lipinski definition) is 4. The number of aryl methyl sites for hydroxylation is 2. The van der Waals surface area contributed by atoms with Crippen molar-refractivity contribution >= 4 is 23.0 Å². The van der Waals surface area contributed by atoms with Crippen molar-refractivity contribution in [3.8, 4) is 17.3 Å². The van der Waals surface area contributed by atoms with E-state index in [1.165, 1.54) is 23.5 Å². The second kappa shape index (κ2) is 6.77. The number of nitrogens with zero attached hydrogens (tertiary/aromatic N) is 3. The first-order chi connectivity index (χ1) is 11.6. The number of nitrogens with one attached hydrogen (secondary N) is 1. The maximum Gasteiger partial charge on any atom is 0.134 e. The maximum atomic E-state index is 13.1. The first kappa shape index (κ1) is 16.1. The minimum absolute atomic E-state index is 0.293. The van der Waals surface area contributed by atoms with Crippen LogP contribution in [0.15, 0.2) is 30.5 Å². The van der Waals surface area contributed by atoms with Crippen molar-refractivity contribution < 1.29 is 4.39 Å². The fourth-order valence-corrected chi connectivity index (χ4v) is 3.39. The average Bonchev–Trinajstić information content (AvgIpc) is 3.19. The lowest BCUT2D eigenvalue weighted by molar-refractivity contribution is 0.628. The largest absolute Gasteiger partial charge is 0.277 e. The fraction of sp³-hybridized carbons (Fsp3) is 0.167. The summed E-state index contributed by atoms with van der Waals surface area (Å²) in [4.78, 5) is 5.67. The predicted molar refractivity (Wildman–Crippen MR) is 93.7 cm³/mol. The molecule has 0 aliphatic rings. The van der Waals surface area contributed by atoms with Gasteiger partial charge in [-0.1, -0.05) is 6.92 Å². The van der Waals surface area contributed by atoms with E-state index in [2.05, 4.69) is 21.3 Å². The zero-order valence-electron chi connectivity index (χ0n) is 13.3. The van der Waals surface area contributed by atoms with Gasteiger partial charge < -0.3 is 0 Å². The third kappa shape index (κ3) is 3.12. The molecule has 0 spiro atoms. The number of allylic oxidation sites excluding steroid dienone is 1. The number of H-pyrrole nitrogens is 1. The highest BCUT2D eigenvalue weighted by atomic mass is 32.1. The summed E-state index contributed by atoms with van der Waals surface area (Å²) in [5.41, 5.74) is 3.83. The summed E-state index contributed by atoms with van der Waals surface area (Å²) in [5.74, 6) is -0.293. The van der Waals surface area contributed by atoms with Crippen LogP contribution in [0.5, 0.6) is 0 Å². The summed E-state index contributed by atoms with van der Waals surface area (Å²) in [7, 11) is 0. The molecule has 3 rings (SSSR count). The summed E-state index contributed by atoms with van der Waals surface area (Å²) in [6.07, 6.45) is 4.25. The number of aromatic nitrogens is 3. The molecule has 1 N–H and O–H groups in total. The van der Waals surface area contributed by atoms with Gasteiger partial charge in [0.25, 0.3) is 0 Å². The zero-order valence-corrected chi connectivity index (χ0v) is 14.1.